The molecule has 0 saturated carbocycles. The van der Waals surface area contributed by atoms with E-state index < -0.39 is 6.10 Å². The van der Waals surface area contributed by atoms with Crippen LogP contribution in [0.15, 0.2) is 138 Å². The van der Waals surface area contributed by atoms with E-state index in [4.69, 9.17) is 0 Å². The van der Waals surface area contributed by atoms with Gasteiger partial charge in [0, 0.05) is 38.4 Å². The van der Waals surface area contributed by atoms with Crippen LogP contribution in [0.3, 0.4) is 0 Å². The highest BCUT2D eigenvalue weighted by Gasteiger charge is 2.28. The van der Waals surface area contributed by atoms with Crippen LogP contribution in [0.5, 0.6) is 0 Å². The number of aromatic nitrogens is 2. The third kappa shape index (κ3) is 3.07. The summed E-state index contributed by atoms with van der Waals surface area (Å²) in [6.45, 7) is 0. The van der Waals surface area contributed by atoms with E-state index in [0.717, 1.165) is 55.7 Å². The summed E-state index contributed by atoms with van der Waals surface area (Å²) in [6.07, 6.45) is -0.832. The molecule has 1 aliphatic heterocycles. The van der Waals surface area contributed by atoms with Crippen LogP contribution in [0.4, 0.5) is 0 Å². The zero-order chi connectivity index (χ0) is 27.9. The van der Waals surface area contributed by atoms with E-state index in [2.05, 4.69) is 69.8 Å². The first kappa shape index (κ1) is 23.3. The number of nitrogens with zero attached hydrogens (tertiary/aromatic N) is 2. The number of benzene rings is 6. The van der Waals surface area contributed by atoms with Gasteiger partial charge in [0.15, 0.2) is 5.43 Å². The number of pyridine rings is 1. The number of aliphatic hydroxyl groups excluding tert-OH is 1. The van der Waals surface area contributed by atoms with Gasteiger partial charge >= 0.3 is 0 Å². The van der Waals surface area contributed by atoms with Gasteiger partial charge in [-0.15, -0.1) is 0 Å². The number of aliphatic hydroxyl groups is 1. The molecular weight excluding hydrogens is 516 g/mol. The Hall–Kier alpha value is -5.45. The monoisotopic (exact) mass is 540 g/mol. The van der Waals surface area contributed by atoms with E-state index >= 15 is 0 Å². The molecule has 0 aliphatic carbocycles. The molecule has 1 aliphatic rings. The molecule has 3 heterocycles. The summed E-state index contributed by atoms with van der Waals surface area (Å²) in [5.41, 5.74) is 9.08. The molecule has 42 heavy (non-hydrogen) atoms. The minimum atomic E-state index is -0.832. The third-order valence-electron chi connectivity index (χ3n) is 8.79. The molecule has 4 nitrogen and oxygen atoms in total. The van der Waals surface area contributed by atoms with Gasteiger partial charge in [-0.1, -0.05) is 84.9 Å². The predicted molar refractivity (Wildman–Crippen MR) is 171 cm³/mol. The highest BCUT2D eigenvalue weighted by Crippen LogP contribution is 2.42. The van der Waals surface area contributed by atoms with Crippen LogP contribution < -0.4 is 5.43 Å². The first-order chi connectivity index (χ1) is 20.7. The standard InChI is InChI=1S/C38H24N2O2/c41-37-28-14-6-9-17-34(28)40-35-19-18-25(39-32-15-7-4-12-26(32)27-13-5-8-16-33(27)39)22-29(35)38(42)31-21-24(20-30(37)36(31)40)23-10-2-1-3-11-23/h1-22,37,41H. The lowest BCUT2D eigenvalue weighted by Crippen LogP contribution is -2.20. The number of para-hydroxylation sites is 3. The van der Waals surface area contributed by atoms with Crippen molar-refractivity contribution >= 4 is 43.6 Å². The highest BCUT2D eigenvalue weighted by atomic mass is 16.3. The number of fused-ring (bicyclic) bond motifs is 7. The van der Waals surface area contributed by atoms with Crippen LogP contribution in [0.2, 0.25) is 0 Å². The Morgan fingerprint density at radius 3 is 1.90 bits per heavy atom. The van der Waals surface area contributed by atoms with Crippen molar-refractivity contribution < 1.29 is 5.11 Å². The molecule has 1 unspecified atom stereocenters. The lowest BCUT2D eigenvalue weighted by atomic mass is 9.89. The Labute approximate surface area is 240 Å². The van der Waals surface area contributed by atoms with Crippen LogP contribution in [0, 0.1) is 0 Å². The van der Waals surface area contributed by atoms with Crippen molar-refractivity contribution in [3.63, 3.8) is 0 Å². The van der Waals surface area contributed by atoms with E-state index in [0.29, 0.717) is 10.8 Å². The fraction of sp³-hybridized carbons (Fsp3) is 0.0263. The summed E-state index contributed by atoms with van der Waals surface area (Å²) in [4.78, 5) is 14.5. The molecule has 0 fully saturated rings. The lowest BCUT2D eigenvalue weighted by Gasteiger charge is -2.29. The largest absolute Gasteiger partial charge is 0.383 e. The van der Waals surface area contributed by atoms with Crippen LogP contribution in [-0.2, 0) is 0 Å². The Kier molecular flexibility index (Phi) is 4.72. The van der Waals surface area contributed by atoms with Crippen molar-refractivity contribution in [3.8, 4) is 22.5 Å². The molecule has 1 atom stereocenters. The number of hydrogen-bond acceptors (Lipinski definition) is 2. The maximum absolute atomic E-state index is 14.5. The molecule has 0 amide bonds. The van der Waals surface area contributed by atoms with E-state index in [1.54, 1.807) is 0 Å². The molecule has 198 valence electrons. The Balaban J connectivity index is 1.43. The second-order valence-corrected chi connectivity index (χ2v) is 11.0. The highest BCUT2D eigenvalue weighted by molar-refractivity contribution is 6.09. The van der Waals surface area contributed by atoms with E-state index in [1.807, 2.05) is 72.8 Å². The molecule has 4 heteroatoms. The number of hydrogen-bond donors (Lipinski definition) is 1. The average molecular weight is 541 g/mol. The smallest absolute Gasteiger partial charge is 0.197 e. The van der Waals surface area contributed by atoms with Crippen molar-refractivity contribution in [3.05, 3.63) is 155 Å². The summed E-state index contributed by atoms with van der Waals surface area (Å²) in [5.74, 6) is 0. The molecule has 9 rings (SSSR count). The quantitative estimate of drug-likeness (QED) is 0.224. The third-order valence-corrected chi connectivity index (χ3v) is 8.79. The van der Waals surface area contributed by atoms with Gasteiger partial charge in [-0.3, -0.25) is 4.79 Å². The van der Waals surface area contributed by atoms with Gasteiger partial charge in [0.05, 0.1) is 27.8 Å². The zero-order valence-corrected chi connectivity index (χ0v) is 22.5. The molecule has 0 radical (unpaired) electrons. The van der Waals surface area contributed by atoms with Gasteiger partial charge in [0.25, 0.3) is 0 Å². The van der Waals surface area contributed by atoms with Crippen molar-refractivity contribution in [2.45, 2.75) is 6.10 Å². The van der Waals surface area contributed by atoms with Gasteiger partial charge in [-0.25, -0.2) is 0 Å². The van der Waals surface area contributed by atoms with Crippen LogP contribution in [-0.4, -0.2) is 14.2 Å². The maximum Gasteiger partial charge on any atom is 0.197 e. The lowest BCUT2D eigenvalue weighted by molar-refractivity contribution is 0.219. The number of rotatable bonds is 2. The van der Waals surface area contributed by atoms with Crippen LogP contribution >= 0.6 is 0 Å². The zero-order valence-electron chi connectivity index (χ0n) is 22.5. The first-order valence-electron chi connectivity index (χ1n) is 14.2. The normalized spacial score (nSPS) is 14.2. The Morgan fingerprint density at radius 1 is 0.500 bits per heavy atom. The fourth-order valence-electron chi connectivity index (χ4n) is 6.93. The molecule has 1 N–H and O–H groups in total. The summed E-state index contributed by atoms with van der Waals surface area (Å²) < 4.78 is 4.40. The Bertz CT molecular complexity index is 2400. The van der Waals surface area contributed by atoms with Gasteiger partial charge in [-0.2, -0.15) is 0 Å². The fourth-order valence-corrected chi connectivity index (χ4v) is 6.93. The molecule has 2 aromatic heterocycles. The maximum atomic E-state index is 14.5. The van der Waals surface area contributed by atoms with E-state index in [-0.39, 0.29) is 5.43 Å². The summed E-state index contributed by atoms with van der Waals surface area (Å²) in [7, 11) is 0. The second kappa shape index (κ2) is 8.53. The molecule has 0 spiro atoms. The molecule has 0 saturated heterocycles. The van der Waals surface area contributed by atoms with Crippen molar-refractivity contribution in [1.82, 2.24) is 9.13 Å². The average Bonchev–Trinajstić information content (AvgIpc) is 3.39. The molecule has 6 aromatic carbocycles. The van der Waals surface area contributed by atoms with Gasteiger partial charge < -0.3 is 14.2 Å². The summed E-state index contributed by atoms with van der Waals surface area (Å²) >= 11 is 0. The van der Waals surface area contributed by atoms with E-state index in [1.165, 1.54) is 10.8 Å². The molecule has 0 bridgehead atoms. The SMILES string of the molecule is O=c1c2cc(-n3c4ccccc4c4ccccc43)ccc2n2c3c(cc(-c4ccccc4)cc13)C(O)c1ccccc1-2. The van der Waals surface area contributed by atoms with Crippen LogP contribution in [0.1, 0.15) is 17.2 Å². The van der Waals surface area contributed by atoms with Crippen molar-refractivity contribution in [2.75, 3.05) is 0 Å². The topological polar surface area (TPSA) is 47.2 Å². The summed E-state index contributed by atoms with van der Waals surface area (Å²) in [6, 6.07) is 45.0. The predicted octanol–water partition coefficient (Wildman–Crippen LogP) is 8.30. The van der Waals surface area contributed by atoms with Crippen molar-refractivity contribution in [2.24, 2.45) is 0 Å². The van der Waals surface area contributed by atoms with Crippen molar-refractivity contribution in [1.29, 1.82) is 0 Å². The van der Waals surface area contributed by atoms with Crippen LogP contribution in [0.25, 0.3) is 66.1 Å². The minimum absolute atomic E-state index is 0.0375. The summed E-state index contributed by atoms with van der Waals surface area (Å²) in [5, 5.41) is 15.2. The second-order valence-electron chi connectivity index (χ2n) is 11.0. The first-order valence-corrected chi connectivity index (χ1v) is 14.2. The van der Waals surface area contributed by atoms with E-state index in [9.17, 15) is 9.90 Å². The minimum Gasteiger partial charge on any atom is -0.383 e. The van der Waals surface area contributed by atoms with Gasteiger partial charge in [0.2, 0.25) is 0 Å². The molecular formula is C38H24N2O2. The van der Waals surface area contributed by atoms with Gasteiger partial charge in [0.1, 0.15) is 6.10 Å². The Morgan fingerprint density at radius 2 is 1.14 bits per heavy atom. The van der Waals surface area contributed by atoms with Gasteiger partial charge in [-0.05, 0) is 59.7 Å². The molecule has 8 aromatic rings.